The molecular formula is C13H13BrO6. The number of aliphatic hydroxyl groups excluding tert-OH is 2. The van der Waals surface area contributed by atoms with Crippen molar-refractivity contribution >= 4 is 27.7 Å². The number of rotatable bonds is 3. The SMILES string of the molecule is O=C(O[C@@H]1C(=O)[C@@H](Br)O[C@H](CO)[C@H]1O)c1ccccc1. The molecule has 0 aliphatic carbocycles. The van der Waals surface area contributed by atoms with Gasteiger partial charge in [-0.05, 0) is 28.1 Å². The standard InChI is InChI=1S/C13H13BrO6/c14-12-10(17)11(9(16)8(6-15)19-12)20-13(18)7-4-2-1-3-5-7/h1-5,8-9,11-12,15-16H,6H2/t8-,9-,11+,12+/m1/s1. The minimum absolute atomic E-state index is 0.269. The Morgan fingerprint density at radius 1 is 1.35 bits per heavy atom. The quantitative estimate of drug-likeness (QED) is 0.603. The van der Waals surface area contributed by atoms with Gasteiger partial charge in [-0.3, -0.25) is 4.79 Å². The summed E-state index contributed by atoms with van der Waals surface area (Å²) < 4.78 is 10.1. The summed E-state index contributed by atoms with van der Waals surface area (Å²) in [4.78, 5) is 23.8. The second kappa shape index (κ2) is 6.45. The molecule has 1 saturated heterocycles. The van der Waals surface area contributed by atoms with Crippen molar-refractivity contribution in [3.8, 4) is 0 Å². The van der Waals surface area contributed by atoms with Gasteiger partial charge in [0.15, 0.2) is 11.1 Å². The largest absolute Gasteiger partial charge is 0.448 e. The van der Waals surface area contributed by atoms with Crippen LogP contribution in [0.5, 0.6) is 0 Å². The van der Waals surface area contributed by atoms with E-state index in [1.807, 2.05) is 0 Å². The Bertz CT molecular complexity index is 491. The maximum Gasteiger partial charge on any atom is 0.338 e. The number of carbonyl (C=O) groups is 2. The van der Waals surface area contributed by atoms with Gasteiger partial charge in [-0.15, -0.1) is 0 Å². The van der Waals surface area contributed by atoms with Crippen molar-refractivity contribution in [1.82, 2.24) is 0 Å². The van der Waals surface area contributed by atoms with Gasteiger partial charge in [-0.2, -0.15) is 0 Å². The molecule has 7 heteroatoms. The summed E-state index contributed by atoms with van der Waals surface area (Å²) in [5.41, 5.74) is 0.269. The van der Waals surface area contributed by atoms with Crippen LogP contribution in [0.1, 0.15) is 10.4 Å². The van der Waals surface area contributed by atoms with E-state index in [9.17, 15) is 14.7 Å². The van der Waals surface area contributed by atoms with E-state index >= 15 is 0 Å². The summed E-state index contributed by atoms with van der Waals surface area (Å²) in [7, 11) is 0. The number of alkyl halides is 1. The molecule has 2 N–H and O–H groups in total. The number of ketones is 1. The van der Waals surface area contributed by atoms with E-state index < -0.39 is 41.7 Å². The van der Waals surface area contributed by atoms with Crippen LogP contribution in [-0.2, 0) is 14.3 Å². The maximum absolute atomic E-state index is 11.9. The van der Waals surface area contributed by atoms with Crippen LogP contribution >= 0.6 is 15.9 Å². The fourth-order valence-electron chi connectivity index (χ4n) is 1.83. The molecule has 6 nitrogen and oxygen atoms in total. The van der Waals surface area contributed by atoms with E-state index in [0.29, 0.717) is 0 Å². The minimum atomic E-state index is -1.41. The van der Waals surface area contributed by atoms with Gasteiger partial charge in [0.25, 0.3) is 0 Å². The molecule has 0 spiro atoms. The highest BCUT2D eigenvalue weighted by Gasteiger charge is 2.45. The minimum Gasteiger partial charge on any atom is -0.448 e. The van der Waals surface area contributed by atoms with Crippen molar-refractivity contribution in [3.63, 3.8) is 0 Å². The number of halogens is 1. The Morgan fingerprint density at radius 3 is 2.60 bits per heavy atom. The summed E-state index contributed by atoms with van der Waals surface area (Å²) in [6.07, 6.45) is -3.78. The van der Waals surface area contributed by atoms with E-state index in [1.165, 1.54) is 12.1 Å². The number of ether oxygens (including phenoxy) is 2. The zero-order valence-corrected chi connectivity index (χ0v) is 11.9. The molecule has 1 aliphatic rings. The molecule has 1 aliphatic heterocycles. The predicted octanol–water partition coefficient (Wildman–Crippen LogP) is 0.254. The molecule has 2 rings (SSSR count). The van der Waals surface area contributed by atoms with E-state index in [0.717, 1.165) is 0 Å². The van der Waals surface area contributed by atoms with Crippen LogP contribution in [0.2, 0.25) is 0 Å². The molecule has 0 unspecified atom stereocenters. The van der Waals surface area contributed by atoms with Crippen LogP contribution in [0.15, 0.2) is 30.3 Å². The lowest BCUT2D eigenvalue weighted by Crippen LogP contribution is -2.56. The molecule has 20 heavy (non-hydrogen) atoms. The number of carbonyl (C=O) groups excluding carboxylic acids is 2. The monoisotopic (exact) mass is 344 g/mol. The molecule has 0 saturated carbocycles. The second-order valence-electron chi connectivity index (χ2n) is 4.26. The summed E-state index contributed by atoms with van der Waals surface area (Å²) in [5, 5.41) is 18.0. The van der Waals surface area contributed by atoms with Gasteiger partial charge in [-0.25, -0.2) is 4.79 Å². The third-order valence-electron chi connectivity index (χ3n) is 2.91. The highest BCUT2D eigenvalue weighted by Crippen LogP contribution is 2.24. The van der Waals surface area contributed by atoms with Gasteiger partial charge < -0.3 is 19.7 Å². The number of Topliss-reactive ketones (excluding diaryl/α,β-unsaturated/α-hetero) is 1. The van der Waals surface area contributed by atoms with Crippen molar-refractivity contribution in [3.05, 3.63) is 35.9 Å². The molecule has 0 aromatic heterocycles. The normalized spacial score (nSPS) is 30.1. The smallest absolute Gasteiger partial charge is 0.338 e. The first-order valence-electron chi connectivity index (χ1n) is 5.93. The lowest BCUT2D eigenvalue weighted by atomic mass is 10.0. The van der Waals surface area contributed by atoms with Gasteiger partial charge in [0.2, 0.25) is 5.78 Å². The van der Waals surface area contributed by atoms with Crippen molar-refractivity contribution in [1.29, 1.82) is 0 Å². The summed E-state index contributed by atoms with van der Waals surface area (Å²) in [6.45, 7) is -0.490. The van der Waals surface area contributed by atoms with Crippen molar-refractivity contribution in [2.75, 3.05) is 6.61 Å². The van der Waals surface area contributed by atoms with Crippen LogP contribution in [0, 0.1) is 0 Å². The molecule has 1 aromatic rings. The number of esters is 1. The van der Waals surface area contributed by atoms with Gasteiger partial charge in [-0.1, -0.05) is 18.2 Å². The Balaban J connectivity index is 2.13. The third kappa shape index (κ3) is 3.06. The first-order chi connectivity index (χ1) is 9.54. The summed E-state index contributed by atoms with van der Waals surface area (Å²) in [5.74, 6) is -1.33. The highest BCUT2D eigenvalue weighted by atomic mass is 79.9. The van der Waals surface area contributed by atoms with E-state index in [2.05, 4.69) is 15.9 Å². The molecule has 0 bridgehead atoms. The molecular weight excluding hydrogens is 332 g/mol. The average molecular weight is 345 g/mol. The predicted molar refractivity (Wildman–Crippen MR) is 71.3 cm³/mol. The Labute approximate surface area is 123 Å². The first kappa shape index (κ1) is 15.1. The highest BCUT2D eigenvalue weighted by molar-refractivity contribution is 9.09. The van der Waals surface area contributed by atoms with Gasteiger partial charge in [0, 0.05) is 0 Å². The first-order valence-corrected chi connectivity index (χ1v) is 6.84. The van der Waals surface area contributed by atoms with Crippen LogP contribution in [-0.4, -0.2) is 51.9 Å². The number of hydrogen-bond donors (Lipinski definition) is 2. The van der Waals surface area contributed by atoms with Crippen molar-refractivity contribution in [2.24, 2.45) is 0 Å². The fourth-order valence-corrected chi connectivity index (χ4v) is 2.37. The molecule has 108 valence electrons. The third-order valence-corrected chi connectivity index (χ3v) is 3.58. The lowest BCUT2D eigenvalue weighted by Gasteiger charge is -2.34. The molecule has 0 radical (unpaired) electrons. The molecule has 0 amide bonds. The van der Waals surface area contributed by atoms with E-state index in [-0.39, 0.29) is 5.56 Å². The Morgan fingerprint density at radius 2 is 2.00 bits per heavy atom. The Kier molecular flexibility index (Phi) is 4.87. The van der Waals surface area contributed by atoms with Crippen LogP contribution in [0.4, 0.5) is 0 Å². The zero-order valence-electron chi connectivity index (χ0n) is 10.3. The Hall–Kier alpha value is -1.28. The van der Waals surface area contributed by atoms with Gasteiger partial charge >= 0.3 is 5.97 Å². The summed E-state index contributed by atoms with van der Waals surface area (Å²) >= 11 is 2.96. The molecule has 1 heterocycles. The van der Waals surface area contributed by atoms with Crippen LogP contribution < -0.4 is 0 Å². The second-order valence-corrected chi connectivity index (χ2v) is 5.09. The number of hydrogen-bond acceptors (Lipinski definition) is 6. The van der Waals surface area contributed by atoms with Gasteiger partial charge in [0.1, 0.15) is 12.2 Å². The number of aliphatic hydroxyl groups is 2. The summed E-state index contributed by atoms with van der Waals surface area (Å²) in [6, 6.07) is 8.12. The van der Waals surface area contributed by atoms with Crippen molar-refractivity contribution < 1.29 is 29.3 Å². The zero-order chi connectivity index (χ0) is 14.7. The van der Waals surface area contributed by atoms with E-state index in [4.69, 9.17) is 14.6 Å². The van der Waals surface area contributed by atoms with Gasteiger partial charge in [0.05, 0.1) is 12.2 Å². The maximum atomic E-state index is 11.9. The van der Waals surface area contributed by atoms with E-state index in [1.54, 1.807) is 18.2 Å². The topological polar surface area (TPSA) is 93.1 Å². The van der Waals surface area contributed by atoms with Crippen LogP contribution in [0.3, 0.4) is 0 Å². The molecule has 4 atom stereocenters. The molecule has 1 fully saturated rings. The average Bonchev–Trinajstić information content (AvgIpc) is 2.48. The number of benzene rings is 1. The van der Waals surface area contributed by atoms with Crippen molar-refractivity contribution in [2.45, 2.75) is 23.3 Å². The lowest BCUT2D eigenvalue weighted by molar-refractivity contribution is -0.175. The molecule has 1 aromatic carbocycles. The van der Waals surface area contributed by atoms with Crippen LogP contribution in [0.25, 0.3) is 0 Å². The fraction of sp³-hybridized carbons (Fsp3) is 0.385.